The van der Waals surface area contributed by atoms with Crippen LogP contribution in [0.1, 0.15) is 12.5 Å². The minimum atomic E-state index is -1.11. The summed E-state index contributed by atoms with van der Waals surface area (Å²) < 4.78 is 0. The number of anilines is 1. The van der Waals surface area contributed by atoms with Gasteiger partial charge in [-0.1, -0.05) is 54.1 Å². The first-order chi connectivity index (χ1) is 13.3. The van der Waals surface area contributed by atoms with E-state index in [9.17, 15) is 14.4 Å². The van der Waals surface area contributed by atoms with E-state index in [1.165, 1.54) is 0 Å². The van der Waals surface area contributed by atoms with Gasteiger partial charge in [-0.3, -0.25) is 9.59 Å². The topological polar surface area (TPSA) is 82.9 Å². The van der Waals surface area contributed by atoms with Gasteiger partial charge in [0.2, 0.25) is 0 Å². The third-order valence-corrected chi connectivity index (χ3v) is 4.99. The van der Waals surface area contributed by atoms with Crippen LogP contribution in [0.2, 0.25) is 5.02 Å². The molecule has 1 aliphatic heterocycles. The molecule has 8 heteroatoms. The second-order valence-electron chi connectivity index (χ2n) is 6.97. The first kappa shape index (κ1) is 19.9. The Morgan fingerprint density at radius 3 is 2.46 bits per heavy atom. The molecule has 1 aliphatic rings. The van der Waals surface area contributed by atoms with Crippen LogP contribution in [-0.2, 0) is 15.1 Å². The number of hydrogen-bond donors (Lipinski definition) is 3. The minimum absolute atomic E-state index is 0.0725. The fourth-order valence-corrected chi connectivity index (χ4v) is 3.35. The number of hydrogen-bond acceptors (Lipinski definition) is 3. The highest BCUT2D eigenvalue weighted by atomic mass is 35.5. The van der Waals surface area contributed by atoms with Crippen molar-refractivity contribution in [1.82, 2.24) is 10.2 Å². The van der Waals surface area contributed by atoms with E-state index < -0.39 is 11.6 Å². The van der Waals surface area contributed by atoms with Crippen molar-refractivity contribution in [2.24, 2.45) is 0 Å². The van der Waals surface area contributed by atoms with E-state index in [0.717, 1.165) is 4.90 Å². The molecule has 2 aromatic rings. The van der Waals surface area contributed by atoms with E-state index in [-0.39, 0.29) is 25.0 Å². The van der Waals surface area contributed by atoms with Gasteiger partial charge in [-0.05, 0) is 24.6 Å². The summed E-state index contributed by atoms with van der Waals surface area (Å²) in [5.74, 6) is -0.599. The number of nitrogens with zero attached hydrogens (tertiary/aromatic N) is 1. The number of quaternary nitrogens is 1. The Morgan fingerprint density at radius 1 is 1.14 bits per heavy atom. The zero-order valence-corrected chi connectivity index (χ0v) is 16.4. The number of nitrogens with one attached hydrogen (secondary N) is 3. The molecule has 0 saturated carbocycles. The molecule has 2 atom stereocenters. The van der Waals surface area contributed by atoms with Crippen LogP contribution in [0, 0.1) is 0 Å². The lowest BCUT2D eigenvalue weighted by Gasteiger charge is -2.23. The van der Waals surface area contributed by atoms with Crippen molar-refractivity contribution in [2.45, 2.75) is 12.5 Å². The SMILES string of the molecule is C[NH+](CC(=O)Nc1ccccc1Cl)CN1C(=O)N[C@](C)(c2ccccc2)C1=O. The lowest BCUT2D eigenvalue weighted by atomic mass is 9.92. The van der Waals surface area contributed by atoms with Gasteiger partial charge >= 0.3 is 6.03 Å². The first-order valence-electron chi connectivity index (χ1n) is 8.86. The predicted molar refractivity (Wildman–Crippen MR) is 106 cm³/mol. The number of carbonyl (C=O) groups is 3. The zero-order valence-electron chi connectivity index (χ0n) is 15.7. The number of halogens is 1. The molecule has 1 fully saturated rings. The summed E-state index contributed by atoms with van der Waals surface area (Å²) in [6, 6.07) is 15.6. The standard InChI is InChI=1S/C20H21ClN4O3/c1-20(14-8-4-3-5-9-14)18(27)25(19(28)23-20)13-24(2)12-17(26)22-16-11-7-6-10-15(16)21/h3-11H,12-13H2,1-2H3,(H,22,26)(H,23,28)/p+1/t20-/m1/s1. The molecular formula is C20H22ClN4O3+. The Labute approximate surface area is 168 Å². The third kappa shape index (κ3) is 4.00. The van der Waals surface area contributed by atoms with Gasteiger partial charge < -0.3 is 15.5 Å². The van der Waals surface area contributed by atoms with Crippen LogP contribution in [0.25, 0.3) is 0 Å². The molecule has 0 radical (unpaired) electrons. The number of para-hydroxylation sites is 1. The first-order valence-corrected chi connectivity index (χ1v) is 9.24. The van der Waals surface area contributed by atoms with E-state index >= 15 is 0 Å². The Morgan fingerprint density at radius 2 is 1.79 bits per heavy atom. The van der Waals surface area contributed by atoms with E-state index in [4.69, 9.17) is 11.6 Å². The van der Waals surface area contributed by atoms with Crippen molar-refractivity contribution in [3.63, 3.8) is 0 Å². The van der Waals surface area contributed by atoms with Gasteiger partial charge in [0.05, 0.1) is 17.8 Å². The van der Waals surface area contributed by atoms with Crippen molar-refractivity contribution in [1.29, 1.82) is 0 Å². The van der Waals surface area contributed by atoms with E-state index in [0.29, 0.717) is 21.2 Å². The number of carbonyl (C=O) groups excluding carboxylic acids is 3. The van der Waals surface area contributed by atoms with Crippen molar-refractivity contribution in [3.05, 3.63) is 65.2 Å². The van der Waals surface area contributed by atoms with Gasteiger partial charge in [-0.25, -0.2) is 9.69 Å². The Balaban J connectivity index is 1.63. The Bertz CT molecular complexity index is 905. The van der Waals surface area contributed by atoms with E-state index in [2.05, 4.69) is 10.6 Å². The van der Waals surface area contributed by atoms with Crippen molar-refractivity contribution >= 4 is 35.1 Å². The zero-order chi connectivity index (χ0) is 20.3. The summed E-state index contributed by atoms with van der Waals surface area (Å²) in [4.78, 5) is 39.4. The summed E-state index contributed by atoms with van der Waals surface area (Å²) in [5.41, 5.74) is 0.122. The molecule has 0 bridgehead atoms. The fraction of sp³-hybridized carbons (Fsp3) is 0.250. The summed E-state index contributed by atoms with van der Waals surface area (Å²) in [5, 5.41) is 5.94. The molecule has 28 heavy (non-hydrogen) atoms. The smallest absolute Gasteiger partial charge is 0.320 e. The van der Waals surface area contributed by atoms with Crippen LogP contribution in [0.5, 0.6) is 0 Å². The van der Waals surface area contributed by atoms with Crippen molar-refractivity contribution < 1.29 is 19.3 Å². The fourth-order valence-electron chi connectivity index (χ4n) is 3.16. The van der Waals surface area contributed by atoms with Gasteiger partial charge in [0.25, 0.3) is 11.8 Å². The average Bonchev–Trinajstić information content (AvgIpc) is 2.88. The van der Waals surface area contributed by atoms with Crippen LogP contribution in [0.4, 0.5) is 10.5 Å². The Kier molecular flexibility index (Phi) is 5.67. The maximum atomic E-state index is 12.9. The number of amides is 4. The average molecular weight is 402 g/mol. The molecule has 1 saturated heterocycles. The van der Waals surface area contributed by atoms with Crippen LogP contribution < -0.4 is 15.5 Å². The number of rotatable bonds is 6. The Hall–Kier alpha value is -2.90. The van der Waals surface area contributed by atoms with Gasteiger partial charge in [0, 0.05) is 0 Å². The number of likely N-dealkylation sites (N-methyl/N-ethyl adjacent to an activating group) is 1. The summed E-state index contributed by atoms with van der Waals surface area (Å²) >= 11 is 6.04. The molecule has 7 nitrogen and oxygen atoms in total. The highest BCUT2D eigenvalue weighted by Gasteiger charge is 2.50. The lowest BCUT2D eigenvalue weighted by Crippen LogP contribution is -3.11. The van der Waals surface area contributed by atoms with Gasteiger partial charge in [0.15, 0.2) is 13.2 Å². The number of imide groups is 1. The molecule has 4 amide bonds. The molecule has 1 unspecified atom stereocenters. The largest absolute Gasteiger partial charge is 0.329 e. The maximum absolute atomic E-state index is 12.9. The summed E-state index contributed by atoms with van der Waals surface area (Å²) in [7, 11) is 1.74. The van der Waals surface area contributed by atoms with Gasteiger partial charge in [-0.15, -0.1) is 0 Å². The van der Waals surface area contributed by atoms with Crippen molar-refractivity contribution in [2.75, 3.05) is 25.6 Å². The molecule has 1 heterocycles. The quantitative estimate of drug-likeness (QED) is 0.636. The van der Waals surface area contributed by atoms with Crippen LogP contribution in [0.3, 0.4) is 0 Å². The van der Waals surface area contributed by atoms with E-state index in [1.807, 2.05) is 18.2 Å². The molecule has 2 aromatic carbocycles. The molecule has 146 valence electrons. The highest BCUT2D eigenvalue weighted by Crippen LogP contribution is 2.27. The molecule has 0 spiro atoms. The van der Waals surface area contributed by atoms with Gasteiger partial charge in [0.1, 0.15) is 5.54 Å². The lowest BCUT2D eigenvalue weighted by molar-refractivity contribution is -0.878. The van der Waals surface area contributed by atoms with Crippen LogP contribution in [0.15, 0.2) is 54.6 Å². The van der Waals surface area contributed by atoms with Gasteiger partial charge in [-0.2, -0.15) is 0 Å². The summed E-state index contributed by atoms with van der Waals surface area (Å²) in [6.07, 6.45) is 0. The normalized spacial score (nSPS) is 20.0. The number of benzene rings is 2. The van der Waals surface area contributed by atoms with E-state index in [1.54, 1.807) is 50.4 Å². The maximum Gasteiger partial charge on any atom is 0.329 e. The molecule has 3 rings (SSSR count). The highest BCUT2D eigenvalue weighted by molar-refractivity contribution is 6.33. The minimum Gasteiger partial charge on any atom is -0.320 e. The molecule has 0 aromatic heterocycles. The molecular weight excluding hydrogens is 380 g/mol. The molecule has 0 aliphatic carbocycles. The van der Waals surface area contributed by atoms with Crippen LogP contribution in [-0.4, -0.2) is 43.0 Å². The monoisotopic (exact) mass is 401 g/mol. The molecule has 3 N–H and O–H groups in total. The predicted octanol–water partition coefficient (Wildman–Crippen LogP) is 1.22. The second kappa shape index (κ2) is 8.00. The second-order valence-corrected chi connectivity index (χ2v) is 7.38. The number of urea groups is 1. The third-order valence-electron chi connectivity index (χ3n) is 4.66. The van der Waals surface area contributed by atoms with Crippen LogP contribution >= 0.6 is 11.6 Å². The van der Waals surface area contributed by atoms with Crippen molar-refractivity contribution in [3.8, 4) is 0 Å². The summed E-state index contributed by atoms with van der Waals surface area (Å²) in [6.45, 7) is 1.83.